The molecule has 0 aliphatic rings. The van der Waals surface area contributed by atoms with Crippen LogP contribution in [0.3, 0.4) is 0 Å². The van der Waals surface area contributed by atoms with Gasteiger partial charge < -0.3 is 5.32 Å². The second kappa shape index (κ2) is 8.85. The quantitative estimate of drug-likeness (QED) is 0.316. The molecule has 0 aliphatic heterocycles. The fourth-order valence-electron chi connectivity index (χ4n) is 3.75. The molecular formula is C28H20ClN3O. The van der Waals surface area contributed by atoms with Crippen molar-refractivity contribution in [3.8, 4) is 22.5 Å². The molecule has 0 radical (unpaired) electrons. The molecule has 0 saturated heterocycles. The lowest BCUT2D eigenvalue weighted by atomic mass is 10.0. The SMILES string of the molecule is Cc1cc(Cl)ccc1NC(=O)c1ccc2nc(-c3ccccc3)c(-c3ccccc3)nc2c1. The molecule has 0 bridgehead atoms. The summed E-state index contributed by atoms with van der Waals surface area (Å²) in [6.45, 7) is 1.91. The van der Waals surface area contributed by atoms with Crippen molar-refractivity contribution >= 4 is 34.2 Å². The molecule has 5 heteroatoms. The molecule has 0 unspecified atom stereocenters. The first-order chi connectivity index (χ1) is 16.1. The number of fused-ring (bicyclic) bond motifs is 1. The molecule has 0 aliphatic carbocycles. The van der Waals surface area contributed by atoms with Gasteiger partial charge in [-0.3, -0.25) is 4.79 Å². The van der Waals surface area contributed by atoms with Crippen LogP contribution in [0.1, 0.15) is 15.9 Å². The predicted molar refractivity (Wildman–Crippen MR) is 135 cm³/mol. The number of hydrogen-bond donors (Lipinski definition) is 1. The summed E-state index contributed by atoms with van der Waals surface area (Å²) >= 11 is 6.03. The van der Waals surface area contributed by atoms with E-state index in [0.717, 1.165) is 39.3 Å². The number of rotatable bonds is 4. The molecule has 160 valence electrons. The van der Waals surface area contributed by atoms with E-state index in [1.54, 1.807) is 24.3 Å². The van der Waals surface area contributed by atoms with Crippen LogP contribution in [0.5, 0.6) is 0 Å². The highest BCUT2D eigenvalue weighted by atomic mass is 35.5. The van der Waals surface area contributed by atoms with Crippen LogP contribution in [-0.2, 0) is 0 Å². The Balaban J connectivity index is 1.59. The summed E-state index contributed by atoms with van der Waals surface area (Å²) in [5.41, 5.74) is 7.07. The molecule has 0 spiro atoms. The van der Waals surface area contributed by atoms with Gasteiger partial charge in [-0.25, -0.2) is 9.97 Å². The molecular weight excluding hydrogens is 430 g/mol. The van der Waals surface area contributed by atoms with Gasteiger partial charge in [0.1, 0.15) is 0 Å². The number of carbonyl (C=O) groups excluding carboxylic acids is 1. The van der Waals surface area contributed by atoms with E-state index >= 15 is 0 Å². The Labute approximate surface area is 196 Å². The highest BCUT2D eigenvalue weighted by Crippen LogP contribution is 2.31. The summed E-state index contributed by atoms with van der Waals surface area (Å²) in [5, 5.41) is 3.59. The maximum atomic E-state index is 12.9. The standard InChI is InChI=1S/C28H20ClN3O/c1-18-16-22(29)13-15-23(18)32-28(33)21-12-14-24-25(17-21)31-27(20-10-6-3-7-11-20)26(30-24)19-8-4-2-5-9-19/h2-17H,1H3,(H,32,33). The summed E-state index contributed by atoms with van der Waals surface area (Å²) in [6, 6.07) is 30.7. The van der Waals surface area contributed by atoms with E-state index in [-0.39, 0.29) is 5.91 Å². The number of benzene rings is 4. The Morgan fingerprint density at radius 2 is 1.33 bits per heavy atom. The summed E-state index contributed by atoms with van der Waals surface area (Å²) < 4.78 is 0. The Morgan fingerprint density at radius 1 is 0.727 bits per heavy atom. The molecule has 0 atom stereocenters. The first-order valence-corrected chi connectivity index (χ1v) is 11.0. The minimum absolute atomic E-state index is 0.211. The first-order valence-electron chi connectivity index (χ1n) is 10.6. The number of aryl methyl sites for hydroxylation is 1. The topological polar surface area (TPSA) is 54.9 Å². The van der Waals surface area contributed by atoms with Crippen molar-refractivity contribution in [3.05, 3.63) is 113 Å². The zero-order valence-electron chi connectivity index (χ0n) is 17.9. The molecule has 1 aromatic heterocycles. The number of hydrogen-bond acceptors (Lipinski definition) is 3. The van der Waals surface area contributed by atoms with Gasteiger partial charge in [0.2, 0.25) is 0 Å². The summed E-state index contributed by atoms with van der Waals surface area (Å²) in [4.78, 5) is 22.8. The summed E-state index contributed by atoms with van der Waals surface area (Å²) in [7, 11) is 0. The first kappa shape index (κ1) is 20.9. The summed E-state index contributed by atoms with van der Waals surface area (Å²) in [6.07, 6.45) is 0. The van der Waals surface area contributed by atoms with Crippen molar-refractivity contribution in [1.82, 2.24) is 9.97 Å². The Kier molecular flexibility index (Phi) is 5.59. The van der Waals surface area contributed by atoms with E-state index in [1.807, 2.05) is 79.7 Å². The van der Waals surface area contributed by atoms with E-state index in [0.29, 0.717) is 16.1 Å². The van der Waals surface area contributed by atoms with E-state index in [2.05, 4.69) is 5.32 Å². The van der Waals surface area contributed by atoms with Crippen LogP contribution >= 0.6 is 11.6 Å². The third kappa shape index (κ3) is 4.34. The number of halogens is 1. The average molecular weight is 450 g/mol. The van der Waals surface area contributed by atoms with Crippen LogP contribution in [0.25, 0.3) is 33.5 Å². The van der Waals surface area contributed by atoms with E-state index in [4.69, 9.17) is 21.6 Å². The molecule has 0 saturated carbocycles. The Bertz CT molecular complexity index is 1470. The largest absolute Gasteiger partial charge is 0.322 e. The van der Waals surface area contributed by atoms with Gasteiger partial charge in [0.25, 0.3) is 5.91 Å². The van der Waals surface area contributed by atoms with Crippen LogP contribution < -0.4 is 5.32 Å². The third-order valence-electron chi connectivity index (χ3n) is 5.46. The fraction of sp³-hybridized carbons (Fsp3) is 0.0357. The second-order valence-corrected chi connectivity index (χ2v) is 8.21. The third-order valence-corrected chi connectivity index (χ3v) is 5.69. The van der Waals surface area contributed by atoms with Crippen LogP contribution in [0, 0.1) is 6.92 Å². The van der Waals surface area contributed by atoms with Gasteiger partial charge in [-0.05, 0) is 48.9 Å². The predicted octanol–water partition coefficient (Wildman–Crippen LogP) is 7.18. The van der Waals surface area contributed by atoms with Crippen LogP contribution in [-0.4, -0.2) is 15.9 Å². The minimum atomic E-state index is -0.211. The van der Waals surface area contributed by atoms with Crippen molar-refractivity contribution in [1.29, 1.82) is 0 Å². The van der Waals surface area contributed by atoms with Crippen molar-refractivity contribution < 1.29 is 4.79 Å². The number of nitrogens with zero attached hydrogens (tertiary/aromatic N) is 2. The zero-order chi connectivity index (χ0) is 22.8. The van der Waals surface area contributed by atoms with Gasteiger partial charge in [0.15, 0.2) is 0 Å². The molecule has 1 N–H and O–H groups in total. The Morgan fingerprint density at radius 3 is 1.94 bits per heavy atom. The minimum Gasteiger partial charge on any atom is -0.322 e. The van der Waals surface area contributed by atoms with Crippen LogP contribution in [0.15, 0.2) is 97.1 Å². The second-order valence-electron chi connectivity index (χ2n) is 7.77. The van der Waals surface area contributed by atoms with Gasteiger partial charge in [0, 0.05) is 27.4 Å². The lowest BCUT2D eigenvalue weighted by molar-refractivity contribution is 0.102. The number of amides is 1. The zero-order valence-corrected chi connectivity index (χ0v) is 18.7. The van der Waals surface area contributed by atoms with Gasteiger partial charge in [-0.15, -0.1) is 0 Å². The molecule has 33 heavy (non-hydrogen) atoms. The van der Waals surface area contributed by atoms with Crippen molar-refractivity contribution in [2.24, 2.45) is 0 Å². The lowest BCUT2D eigenvalue weighted by Gasteiger charge is -2.12. The number of nitrogens with one attached hydrogen (secondary N) is 1. The molecule has 1 amide bonds. The molecule has 4 aromatic carbocycles. The van der Waals surface area contributed by atoms with E-state index in [1.165, 1.54) is 0 Å². The van der Waals surface area contributed by atoms with E-state index in [9.17, 15) is 4.79 Å². The van der Waals surface area contributed by atoms with Crippen LogP contribution in [0.4, 0.5) is 5.69 Å². The maximum Gasteiger partial charge on any atom is 0.255 e. The maximum absolute atomic E-state index is 12.9. The fourth-order valence-corrected chi connectivity index (χ4v) is 3.98. The average Bonchev–Trinajstić information content (AvgIpc) is 2.85. The van der Waals surface area contributed by atoms with Gasteiger partial charge >= 0.3 is 0 Å². The number of aromatic nitrogens is 2. The normalized spacial score (nSPS) is 10.8. The lowest BCUT2D eigenvalue weighted by Crippen LogP contribution is -2.13. The van der Waals surface area contributed by atoms with Gasteiger partial charge in [-0.1, -0.05) is 72.3 Å². The molecule has 5 rings (SSSR count). The van der Waals surface area contributed by atoms with Crippen molar-refractivity contribution in [2.45, 2.75) is 6.92 Å². The van der Waals surface area contributed by atoms with Crippen molar-refractivity contribution in [3.63, 3.8) is 0 Å². The van der Waals surface area contributed by atoms with Crippen LogP contribution in [0.2, 0.25) is 5.02 Å². The monoisotopic (exact) mass is 449 g/mol. The molecule has 4 nitrogen and oxygen atoms in total. The summed E-state index contributed by atoms with van der Waals surface area (Å²) in [5.74, 6) is -0.211. The number of anilines is 1. The van der Waals surface area contributed by atoms with Crippen molar-refractivity contribution in [2.75, 3.05) is 5.32 Å². The van der Waals surface area contributed by atoms with Gasteiger partial charge in [0.05, 0.1) is 22.4 Å². The smallest absolute Gasteiger partial charge is 0.255 e. The molecule has 5 aromatic rings. The highest BCUT2D eigenvalue weighted by molar-refractivity contribution is 6.30. The number of carbonyl (C=O) groups is 1. The van der Waals surface area contributed by atoms with Gasteiger partial charge in [-0.2, -0.15) is 0 Å². The molecule has 1 heterocycles. The highest BCUT2D eigenvalue weighted by Gasteiger charge is 2.15. The van der Waals surface area contributed by atoms with E-state index < -0.39 is 0 Å². The Hall–Kier alpha value is -4.02. The molecule has 0 fully saturated rings.